The largest absolute Gasteiger partial charge is 0.478 e. The molecule has 21 heavy (non-hydrogen) atoms. The summed E-state index contributed by atoms with van der Waals surface area (Å²) in [5.41, 5.74) is 0.610. The Morgan fingerprint density at radius 2 is 2.10 bits per heavy atom. The van der Waals surface area contributed by atoms with Gasteiger partial charge in [-0.25, -0.2) is 22.5 Å². The number of benzene rings is 1. The lowest BCUT2D eigenvalue weighted by Gasteiger charge is -2.10. The number of sulfonamides is 1. The summed E-state index contributed by atoms with van der Waals surface area (Å²) >= 11 is 0. The van der Waals surface area contributed by atoms with Crippen molar-refractivity contribution in [3.05, 3.63) is 54.0 Å². The van der Waals surface area contributed by atoms with E-state index in [1.807, 2.05) is 6.92 Å². The highest BCUT2D eigenvalue weighted by atomic mass is 32.2. The molecule has 112 valence electrons. The third-order valence-corrected chi connectivity index (χ3v) is 4.09. The molecule has 1 heterocycles. The summed E-state index contributed by atoms with van der Waals surface area (Å²) in [4.78, 5) is 3.92. The van der Waals surface area contributed by atoms with Crippen LogP contribution in [0.1, 0.15) is 12.5 Å². The van der Waals surface area contributed by atoms with E-state index < -0.39 is 15.8 Å². The van der Waals surface area contributed by atoms with Gasteiger partial charge in [-0.1, -0.05) is 12.1 Å². The summed E-state index contributed by atoms with van der Waals surface area (Å²) in [7, 11) is -3.79. The molecule has 0 aliphatic carbocycles. The second-order valence-electron chi connectivity index (χ2n) is 4.18. The summed E-state index contributed by atoms with van der Waals surface area (Å²) in [6.45, 7) is 2.26. The minimum absolute atomic E-state index is 0.0159. The van der Waals surface area contributed by atoms with Gasteiger partial charge in [0.15, 0.2) is 0 Å². The minimum Gasteiger partial charge on any atom is -0.478 e. The molecule has 0 unspecified atom stereocenters. The Labute approximate surface area is 122 Å². The van der Waals surface area contributed by atoms with Crippen LogP contribution in [0.4, 0.5) is 4.39 Å². The molecular formula is C14H15FN2O3S. The molecule has 0 radical (unpaired) electrons. The number of nitrogens with zero attached hydrogens (tertiary/aromatic N) is 1. The van der Waals surface area contributed by atoms with Crippen molar-refractivity contribution in [3.63, 3.8) is 0 Å². The van der Waals surface area contributed by atoms with Crippen LogP contribution in [0.2, 0.25) is 0 Å². The molecule has 0 fully saturated rings. The molecule has 2 rings (SSSR count). The van der Waals surface area contributed by atoms with Crippen molar-refractivity contribution in [2.75, 3.05) is 6.61 Å². The number of rotatable bonds is 6. The number of hydrogen-bond acceptors (Lipinski definition) is 4. The summed E-state index contributed by atoms with van der Waals surface area (Å²) in [5, 5.41) is 0. The molecule has 0 aliphatic heterocycles. The number of pyridine rings is 1. The monoisotopic (exact) mass is 310 g/mol. The van der Waals surface area contributed by atoms with Crippen LogP contribution in [0, 0.1) is 5.82 Å². The molecule has 1 aromatic heterocycles. The fourth-order valence-electron chi connectivity index (χ4n) is 1.72. The van der Waals surface area contributed by atoms with Crippen LogP contribution >= 0.6 is 0 Å². The van der Waals surface area contributed by atoms with Crippen molar-refractivity contribution in [1.29, 1.82) is 0 Å². The lowest BCUT2D eigenvalue weighted by Crippen LogP contribution is -2.23. The third kappa shape index (κ3) is 3.99. The van der Waals surface area contributed by atoms with Crippen LogP contribution in [0.5, 0.6) is 5.88 Å². The smallest absolute Gasteiger partial charge is 0.240 e. The first kappa shape index (κ1) is 15.4. The van der Waals surface area contributed by atoms with Crippen molar-refractivity contribution in [1.82, 2.24) is 9.71 Å². The Morgan fingerprint density at radius 1 is 1.29 bits per heavy atom. The van der Waals surface area contributed by atoms with E-state index in [1.165, 1.54) is 18.2 Å². The predicted octanol–water partition coefficient (Wildman–Crippen LogP) is 2.10. The van der Waals surface area contributed by atoms with Gasteiger partial charge in [-0.3, -0.25) is 0 Å². The molecule has 0 amide bonds. The maximum absolute atomic E-state index is 13.1. The average molecular weight is 310 g/mol. The second kappa shape index (κ2) is 6.64. The molecule has 0 spiro atoms. The lowest BCUT2D eigenvalue weighted by molar-refractivity contribution is 0.322. The molecule has 0 atom stereocenters. The SMILES string of the molecule is CCOc1ncccc1CNS(=O)(=O)c1cccc(F)c1. The minimum atomic E-state index is -3.79. The number of nitrogens with one attached hydrogen (secondary N) is 1. The molecule has 0 saturated carbocycles. The normalized spacial score (nSPS) is 11.3. The van der Waals surface area contributed by atoms with E-state index in [2.05, 4.69) is 9.71 Å². The van der Waals surface area contributed by atoms with Crippen LogP contribution in [0.25, 0.3) is 0 Å². The number of ether oxygens (including phenoxy) is 1. The van der Waals surface area contributed by atoms with E-state index in [0.717, 1.165) is 6.07 Å². The van der Waals surface area contributed by atoms with Gasteiger partial charge in [-0.05, 0) is 31.2 Å². The van der Waals surface area contributed by atoms with Gasteiger partial charge in [-0.15, -0.1) is 0 Å². The van der Waals surface area contributed by atoms with E-state index in [9.17, 15) is 12.8 Å². The Hall–Kier alpha value is -1.99. The highest BCUT2D eigenvalue weighted by molar-refractivity contribution is 7.89. The van der Waals surface area contributed by atoms with Gasteiger partial charge < -0.3 is 4.74 Å². The van der Waals surface area contributed by atoms with Crippen molar-refractivity contribution >= 4 is 10.0 Å². The van der Waals surface area contributed by atoms with Crippen molar-refractivity contribution < 1.29 is 17.5 Å². The van der Waals surface area contributed by atoms with Gasteiger partial charge in [0, 0.05) is 18.3 Å². The fourth-order valence-corrected chi connectivity index (χ4v) is 2.75. The van der Waals surface area contributed by atoms with Crippen molar-refractivity contribution in [2.24, 2.45) is 0 Å². The molecular weight excluding hydrogens is 295 g/mol. The molecule has 1 aromatic carbocycles. The highest BCUT2D eigenvalue weighted by Crippen LogP contribution is 2.16. The van der Waals surface area contributed by atoms with E-state index in [1.54, 1.807) is 18.3 Å². The Kier molecular flexibility index (Phi) is 4.87. The number of halogens is 1. The van der Waals surface area contributed by atoms with Crippen LogP contribution in [0.3, 0.4) is 0 Å². The molecule has 0 bridgehead atoms. The number of hydrogen-bond donors (Lipinski definition) is 1. The first-order valence-corrected chi connectivity index (χ1v) is 7.83. The molecule has 5 nitrogen and oxygen atoms in total. The second-order valence-corrected chi connectivity index (χ2v) is 5.95. The maximum atomic E-state index is 13.1. The van der Waals surface area contributed by atoms with Gasteiger partial charge in [0.05, 0.1) is 11.5 Å². The first-order valence-electron chi connectivity index (χ1n) is 6.35. The fraction of sp³-hybridized carbons (Fsp3) is 0.214. The quantitative estimate of drug-likeness (QED) is 0.887. The zero-order chi connectivity index (χ0) is 15.3. The zero-order valence-electron chi connectivity index (χ0n) is 11.4. The number of aromatic nitrogens is 1. The Balaban J connectivity index is 2.16. The molecule has 1 N–H and O–H groups in total. The van der Waals surface area contributed by atoms with Gasteiger partial charge in [-0.2, -0.15) is 0 Å². The van der Waals surface area contributed by atoms with Gasteiger partial charge in [0.2, 0.25) is 15.9 Å². The molecule has 0 aliphatic rings. The highest BCUT2D eigenvalue weighted by Gasteiger charge is 2.15. The van der Waals surface area contributed by atoms with Crippen LogP contribution in [-0.2, 0) is 16.6 Å². The maximum Gasteiger partial charge on any atom is 0.240 e. The van der Waals surface area contributed by atoms with E-state index in [4.69, 9.17) is 4.74 Å². The summed E-state index contributed by atoms with van der Waals surface area (Å²) in [6, 6.07) is 8.24. The van der Waals surface area contributed by atoms with Gasteiger partial charge >= 0.3 is 0 Å². The summed E-state index contributed by atoms with van der Waals surface area (Å²) in [6.07, 6.45) is 1.57. The van der Waals surface area contributed by atoms with E-state index in [0.29, 0.717) is 18.1 Å². The van der Waals surface area contributed by atoms with Crippen LogP contribution in [-0.4, -0.2) is 20.0 Å². The lowest BCUT2D eigenvalue weighted by atomic mass is 10.3. The van der Waals surface area contributed by atoms with Crippen molar-refractivity contribution in [2.45, 2.75) is 18.4 Å². The summed E-state index contributed by atoms with van der Waals surface area (Å²) in [5.74, 6) is -0.226. The standard InChI is InChI=1S/C14H15FN2O3S/c1-2-20-14-11(5-4-8-16-14)10-17-21(18,19)13-7-3-6-12(15)9-13/h3-9,17H,2,10H2,1H3. The van der Waals surface area contributed by atoms with Gasteiger partial charge in [0.1, 0.15) is 5.82 Å². The van der Waals surface area contributed by atoms with E-state index in [-0.39, 0.29) is 11.4 Å². The molecule has 7 heteroatoms. The Morgan fingerprint density at radius 3 is 2.81 bits per heavy atom. The predicted molar refractivity (Wildman–Crippen MR) is 75.8 cm³/mol. The molecule has 0 saturated heterocycles. The van der Waals surface area contributed by atoms with Crippen LogP contribution in [0.15, 0.2) is 47.5 Å². The van der Waals surface area contributed by atoms with Crippen LogP contribution < -0.4 is 9.46 Å². The molecule has 2 aromatic rings. The summed E-state index contributed by atoms with van der Waals surface area (Å²) < 4.78 is 45.0. The Bertz CT molecular complexity index is 720. The third-order valence-electron chi connectivity index (χ3n) is 2.69. The average Bonchev–Trinajstić information content (AvgIpc) is 2.47. The zero-order valence-corrected chi connectivity index (χ0v) is 12.2. The van der Waals surface area contributed by atoms with Crippen molar-refractivity contribution in [3.8, 4) is 5.88 Å². The topological polar surface area (TPSA) is 68.3 Å². The van der Waals surface area contributed by atoms with Gasteiger partial charge in [0.25, 0.3) is 0 Å². The first-order chi connectivity index (χ1) is 10.0. The van der Waals surface area contributed by atoms with E-state index >= 15 is 0 Å².